The molecule has 0 spiro atoms. The molecule has 0 fully saturated rings. The van der Waals surface area contributed by atoms with E-state index in [9.17, 15) is 4.79 Å². The second kappa shape index (κ2) is 2.75. The SMILES string of the molecule is O=C1C(c2ccccc2)=CN1Br. The molecule has 3 heteroatoms. The molecule has 1 amide bonds. The van der Waals surface area contributed by atoms with Gasteiger partial charge in [-0.1, -0.05) is 30.3 Å². The molecule has 0 aromatic heterocycles. The highest BCUT2D eigenvalue weighted by atomic mass is 79.9. The molecular formula is C9H6BrNO. The van der Waals surface area contributed by atoms with Crippen molar-refractivity contribution in [3.05, 3.63) is 42.1 Å². The number of carbonyl (C=O) groups is 1. The Morgan fingerprint density at radius 2 is 1.83 bits per heavy atom. The van der Waals surface area contributed by atoms with E-state index in [2.05, 4.69) is 16.1 Å². The lowest BCUT2D eigenvalue weighted by atomic mass is 10.0. The van der Waals surface area contributed by atoms with E-state index >= 15 is 0 Å². The number of hydrogen-bond acceptors (Lipinski definition) is 1. The van der Waals surface area contributed by atoms with Gasteiger partial charge in [0.25, 0.3) is 5.91 Å². The summed E-state index contributed by atoms with van der Waals surface area (Å²) >= 11 is 3.07. The lowest BCUT2D eigenvalue weighted by Gasteiger charge is -2.22. The molecule has 0 saturated carbocycles. The first kappa shape index (κ1) is 7.55. The maximum absolute atomic E-state index is 11.2. The van der Waals surface area contributed by atoms with Gasteiger partial charge in [0.15, 0.2) is 0 Å². The van der Waals surface area contributed by atoms with Gasteiger partial charge < -0.3 is 0 Å². The van der Waals surface area contributed by atoms with Crippen molar-refractivity contribution in [1.82, 2.24) is 3.93 Å². The highest BCUT2D eigenvalue weighted by Crippen LogP contribution is 2.27. The van der Waals surface area contributed by atoms with Crippen molar-refractivity contribution in [3.63, 3.8) is 0 Å². The second-order valence-corrected chi connectivity index (χ2v) is 3.29. The van der Waals surface area contributed by atoms with Crippen LogP contribution in [0.4, 0.5) is 0 Å². The summed E-state index contributed by atoms with van der Waals surface area (Å²) in [6.07, 6.45) is 1.76. The van der Waals surface area contributed by atoms with Gasteiger partial charge >= 0.3 is 0 Å². The van der Waals surface area contributed by atoms with E-state index in [1.807, 2.05) is 30.3 Å². The number of halogens is 1. The van der Waals surface area contributed by atoms with Gasteiger partial charge in [0.2, 0.25) is 0 Å². The van der Waals surface area contributed by atoms with Crippen LogP contribution in [0.3, 0.4) is 0 Å². The van der Waals surface area contributed by atoms with Crippen molar-refractivity contribution in [3.8, 4) is 0 Å². The Bertz CT molecular complexity index is 345. The molecule has 0 radical (unpaired) electrons. The molecule has 0 saturated heterocycles. The van der Waals surface area contributed by atoms with Crippen LogP contribution in [-0.4, -0.2) is 9.83 Å². The molecular weight excluding hydrogens is 218 g/mol. The van der Waals surface area contributed by atoms with Gasteiger partial charge in [0, 0.05) is 6.20 Å². The molecule has 1 aromatic rings. The predicted molar refractivity (Wildman–Crippen MR) is 50.2 cm³/mol. The minimum atomic E-state index is 0.0150. The molecule has 1 aromatic carbocycles. The Kier molecular flexibility index (Phi) is 1.73. The summed E-state index contributed by atoms with van der Waals surface area (Å²) in [6.45, 7) is 0. The molecule has 60 valence electrons. The molecule has 1 aliphatic rings. The Labute approximate surface area is 78.8 Å². The number of benzene rings is 1. The van der Waals surface area contributed by atoms with Crippen molar-refractivity contribution in [2.45, 2.75) is 0 Å². The van der Waals surface area contributed by atoms with Crippen LogP contribution in [0.5, 0.6) is 0 Å². The van der Waals surface area contributed by atoms with Crippen LogP contribution in [0.2, 0.25) is 0 Å². The summed E-state index contributed by atoms with van der Waals surface area (Å²) in [7, 11) is 0. The Morgan fingerprint density at radius 1 is 1.17 bits per heavy atom. The molecule has 2 nitrogen and oxygen atoms in total. The minimum absolute atomic E-state index is 0.0150. The quantitative estimate of drug-likeness (QED) is 0.669. The van der Waals surface area contributed by atoms with Gasteiger partial charge in [-0.05, 0) is 5.56 Å². The van der Waals surface area contributed by atoms with E-state index in [0.717, 1.165) is 11.1 Å². The fourth-order valence-electron chi connectivity index (χ4n) is 1.09. The number of carbonyl (C=O) groups excluding carboxylic acids is 1. The summed E-state index contributed by atoms with van der Waals surface area (Å²) in [4.78, 5) is 11.2. The van der Waals surface area contributed by atoms with E-state index in [1.54, 1.807) is 6.20 Å². The first-order valence-electron chi connectivity index (χ1n) is 3.55. The third kappa shape index (κ3) is 1.06. The topological polar surface area (TPSA) is 20.3 Å². The van der Waals surface area contributed by atoms with Gasteiger partial charge in [0.1, 0.15) is 0 Å². The fourth-order valence-corrected chi connectivity index (χ4v) is 1.49. The largest absolute Gasteiger partial charge is 0.269 e. The second-order valence-electron chi connectivity index (χ2n) is 2.53. The zero-order valence-corrected chi connectivity index (χ0v) is 7.78. The first-order valence-corrected chi connectivity index (χ1v) is 4.26. The van der Waals surface area contributed by atoms with Crippen LogP contribution in [0.25, 0.3) is 5.57 Å². The molecule has 0 unspecified atom stereocenters. The number of amides is 1. The third-order valence-electron chi connectivity index (χ3n) is 1.75. The lowest BCUT2D eigenvalue weighted by molar-refractivity contribution is -0.120. The average molecular weight is 224 g/mol. The smallest absolute Gasteiger partial charge is 0.268 e. The number of nitrogens with zero attached hydrogens (tertiary/aromatic N) is 1. The first-order chi connectivity index (χ1) is 5.79. The fraction of sp³-hybridized carbons (Fsp3) is 0. The summed E-state index contributed by atoms with van der Waals surface area (Å²) in [5, 5.41) is 0. The summed E-state index contributed by atoms with van der Waals surface area (Å²) in [6, 6.07) is 9.60. The average Bonchev–Trinajstić information content (AvgIpc) is 2.15. The zero-order valence-electron chi connectivity index (χ0n) is 6.20. The van der Waals surface area contributed by atoms with E-state index in [1.165, 1.54) is 3.93 Å². The Morgan fingerprint density at radius 3 is 2.33 bits per heavy atom. The highest BCUT2D eigenvalue weighted by Gasteiger charge is 2.25. The van der Waals surface area contributed by atoms with Crippen molar-refractivity contribution >= 4 is 27.6 Å². The van der Waals surface area contributed by atoms with Crippen molar-refractivity contribution in [2.75, 3.05) is 0 Å². The van der Waals surface area contributed by atoms with Crippen LogP contribution >= 0.6 is 16.1 Å². The molecule has 0 N–H and O–H groups in total. The van der Waals surface area contributed by atoms with Gasteiger partial charge in [-0.25, -0.2) is 3.93 Å². The number of rotatable bonds is 1. The summed E-state index contributed by atoms with van der Waals surface area (Å²) in [5.74, 6) is 0.0150. The Balaban J connectivity index is 2.35. The lowest BCUT2D eigenvalue weighted by Crippen LogP contribution is -2.26. The number of hydrogen-bond donors (Lipinski definition) is 0. The summed E-state index contributed by atoms with van der Waals surface area (Å²) in [5.41, 5.74) is 1.73. The minimum Gasteiger partial charge on any atom is -0.268 e. The van der Waals surface area contributed by atoms with Gasteiger partial charge in [-0.3, -0.25) is 4.79 Å². The van der Waals surface area contributed by atoms with E-state index in [0.29, 0.717) is 0 Å². The molecule has 12 heavy (non-hydrogen) atoms. The van der Waals surface area contributed by atoms with Crippen molar-refractivity contribution < 1.29 is 4.79 Å². The van der Waals surface area contributed by atoms with Crippen LogP contribution in [-0.2, 0) is 4.79 Å². The normalized spacial score (nSPS) is 15.6. The summed E-state index contributed by atoms with van der Waals surface area (Å²) < 4.78 is 1.40. The van der Waals surface area contributed by atoms with Crippen LogP contribution in [0, 0.1) is 0 Å². The monoisotopic (exact) mass is 223 g/mol. The standard InChI is InChI=1S/C9H6BrNO/c10-11-6-8(9(11)12)7-4-2-1-3-5-7/h1-6H. The van der Waals surface area contributed by atoms with E-state index < -0.39 is 0 Å². The Hall–Kier alpha value is -1.09. The van der Waals surface area contributed by atoms with Crippen molar-refractivity contribution in [2.24, 2.45) is 0 Å². The molecule has 0 bridgehead atoms. The zero-order chi connectivity index (χ0) is 8.55. The predicted octanol–water partition coefficient (Wildman–Crippen LogP) is 2.18. The van der Waals surface area contributed by atoms with Crippen LogP contribution in [0.1, 0.15) is 5.56 Å². The molecule has 1 aliphatic heterocycles. The van der Waals surface area contributed by atoms with Gasteiger partial charge in [-0.2, -0.15) is 0 Å². The molecule has 2 rings (SSSR count). The van der Waals surface area contributed by atoms with Crippen LogP contribution in [0.15, 0.2) is 36.5 Å². The van der Waals surface area contributed by atoms with Crippen LogP contribution < -0.4 is 0 Å². The third-order valence-corrected chi connectivity index (χ3v) is 2.28. The molecule has 1 heterocycles. The van der Waals surface area contributed by atoms with E-state index in [4.69, 9.17) is 0 Å². The molecule has 0 aliphatic carbocycles. The van der Waals surface area contributed by atoms with E-state index in [-0.39, 0.29) is 5.91 Å². The van der Waals surface area contributed by atoms with Gasteiger partial charge in [-0.15, -0.1) is 0 Å². The maximum atomic E-state index is 11.2. The van der Waals surface area contributed by atoms with Gasteiger partial charge in [0.05, 0.1) is 21.7 Å². The molecule has 0 atom stereocenters. The maximum Gasteiger partial charge on any atom is 0.269 e. The highest BCUT2D eigenvalue weighted by molar-refractivity contribution is 9.07. The van der Waals surface area contributed by atoms with Crippen molar-refractivity contribution in [1.29, 1.82) is 0 Å².